The Hall–Kier alpha value is -4.12. The Morgan fingerprint density at radius 3 is 2.55 bits per heavy atom. The van der Waals surface area contributed by atoms with Gasteiger partial charge in [-0.1, -0.05) is 36.3 Å². The van der Waals surface area contributed by atoms with Gasteiger partial charge in [0.15, 0.2) is 11.9 Å². The number of rotatable bonds is 8. The highest BCUT2D eigenvalue weighted by molar-refractivity contribution is 5.99. The quantitative estimate of drug-likeness (QED) is 0.177. The molecule has 2 amide bonds. The Balaban J connectivity index is 1.72. The van der Waals surface area contributed by atoms with E-state index in [1.54, 1.807) is 43.3 Å². The smallest absolute Gasteiger partial charge is 0.323 e. The van der Waals surface area contributed by atoms with Crippen molar-refractivity contribution >= 4 is 34.9 Å². The van der Waals surface area contributed by atoms with Gasteiger partial charge in [-0.15, -0.1) is 0 Å². The molecule has 0 fully saturated rings. The predicted octanol–water partition coefficient (Wildman–Crippen LogP) is 3.28. The van der Waals surface area contributed by atoms with Crippen LogP contribution in [0, 0.1) is 11.7 Å². The molecule has 0 saturated heterocycles. The highest BCUT2D eigenvalue weighted by Crippen LogP contribution is 2.30. The van der Waals surface area contributed by atoms with E-state index in [0.29, 0.717) is 16.9 Å². The molecule has 0 aromatic heterocycles. The molecule has 1 aliphatic heterocycles. The average Bonchev–Trinajstić information content (AvgIpc) is 3.18. The summed E-state index contributed by atoms with van der Waals surface area (Å²) >= 11 is 0. The summed E-state index contributed by atoms with van der Waals surface area (Å²) in [7, 11) is 0. The zero-order valence-electron chi connectivity index (χ0n) is 17.7. The van der Waals surface area contributed by atoms with Gasteiger partial charge >= 0.3 is 12.0 Å². The Bertz CT molecular complexity index is 1070. The number of carbonyl (C=O) groups is 2. The SMILES string of the molecule is CC(CC(=O)O)CN1O[C@@H](/C(N)=N\O)C=C1c1ccc(NC(=O)Nc2ccccc2F)cc1. The van der Waals surface area contributed by atoms with E-state index in [1.807, 2.05) is 0 Å². The number of amidine groups is 1. The number of hydrogen-bond acceptors (Lipinski definition) is 6. The van der Waals surface area contributed by atoms with Crippen LogP contribution in [0.5, 0.6) is 0 Å². The molecule has 1 aliphatic rings. The Morgan fingerprint density at radius 1 is 1.21 bits per heavy atom. The molecular formula is C22H24FN5O5. The summed E-state index contributed by atoms with van der Waals surface area (Å²) in [5.41, 5.74) is 7.50. The van der Waals surface area contributed by atoms with Crippen molar-refractivity contribution in [3.8, 4) is 0 Å². The number of para-hydroxylation sites is 1. The van der Waals surface area contributed by atoms with Crippen LogP contribution in [-0.4, -0.2) is 45.9 Å². The molecule has 11 heteroatoms. The lowest BCUT2D eigenvalue weighted by molar-refractivity contribution is -0.140. The maximum Gasteiger partial charge on any atom is 0.323 e. The first-order chi connectivity index (χ1) is 15.8. The minimum absolute atomic E-state index is 0.0542. The monoisotopic (exact) mass is 457 g/mol. The van der Waals surface area contributed by atoms with Gasteiger partial charge in [0.25, 0.3) is 0 Å². The number of urea groups is 1. The van der Waals surface area contributed by atoms with Crippen LogP contribution < -0.4 is 16.4 Å². The second kappa shape index (κ2) is 10.5. The summed E-state index contributed by atoms with van der Waals surface area (Å²) < 4.78 is 13.7. The van der Waals surface area contributed by atoms with Gasteiger partial charge in [0.05, 0.1) is 11.4 Å². The zero-order chi connectivity index (χ0) is 24.0. The first-order valence-corrected chi connectivity index (χ1v) is 10.0. The Labute approximate surface area is 189 Å². The number of carboxylic acids is 1. The van der Waals surface area contributed by atoms with E-state index in [4.69, 9.17) is 20.9 Å². The number of halogens is 1. The normalized spacial score (nSPS) is 16.8. The second-order valence-corrected chi connectivity index (χ2v) is 7.50. The zero-order valence-corrected chi connectivity index (χ0v) is 17.7. The van der Waals surface area contributed by atoms with Crippen molar-refractivity contribution in [2.45, 2.75) is 19.4 Å². The molecule has 6 N–H and O–H groups in total. The van der Waals surface area contributed by atoms with Gasteiger partial charge < -0.3 is 26.7 Å². The van der Waals surface area contributed by atoms with Crippen LogP contribution >= 0.6 is 0 Å². The van der Waals surface area contributed by atoms with Crippen LogP contribution in [0.2, 0.25) is 0 Å². The van der Waals surface area contributed by atoms with Gasteiger partial charge in [0.1, 0.15) is 5.82 Å². The number of anilines is 2. The van der Waals surface area contributed by atoms with E-state index < -0.39 is 23.9 Å². The molecule has 0 spiro atoms. The van der Waals surface area contributed by atoms with E-state index in [2.05, 4.69) is 15.8 Å². The van der Waals surface area contributed by atoms with E-state index in [9.17, 15) is 14.0 Å². The highest BCUT2D eigenvalue weighted by atomic mass is 19.1. The van der Waals surface area contributed by atoms with Crippen LogP contribution in [0.25, 0.3) is 5.70 Å². The number of benzene rings is 2. The fraction of sp³-hybridized carbons (Fsp3) is 0.227. The molecule has 2 atom stereocenters. The summed E-state index contributed by atoms with van der Waals surface area (Å²) in [5, 5.41) is 27.5. The van der Waals surface area contributed by atoms with Crippen LogP contribution in [0.15, 0.2) is 59.8 Å². The van der Waals surface area contributed by atoms with E-state index in [1.165, 1.54) is 23.3 Å². The summed E-state index contributed by atoms with van der Waals surface area (Å²) in [4.78, 5) is 28.9. The molecule has 2 aromatic carbocycles. The van der Waals surface area contributed by atoms with Crippen LogP contribution in [0.4, 0.5) is 20.6 Å². The second-order valence-electron chi connectivity index (χ2n) is 7.50. The van der Waals surface area contributed by atoms with E-state index >= 15 is 0 Å². The summed E-state index contributed by atoms with van der Waals surface area (Å²) in [6, 6.07) is 11.9. The number of oxime groups is 1. The largest absolute Gasteiger partial charge is 0.481 e. The number of aliphatic carboxylic acids is 1. The number of hydroxylamine groups is 2. The molecule has 1 unspecified atom stereocenters. The summed E-state index contributed by atoms with van der Waals surface area (Å²) in [6.45, 7) is 2.03. The molecule has 33 heavy (non-hydrogen) atoms. The van der Waals surface area contributed by atoms with Gasteiger partial charge in [-0.05, 0) is 36.3 Å². The first-order valence-electron chi connectivity index (χ1n) is 10.0. The van der Waals surface area contributed by atoms with Crippen molar-refractivity contribution in [2.75, 3.05) is 17.2 Å². The topological polar surface area (TPSA) is 150 Å². The third-order valence-corrected chi connectivity index (χ3v) is 4.79. The third kappa shape index (κ3) is 6.20. The number of hydrogen-bond donors (Lipinski definition) is 5. The van der Waals surface area contributed by atoms with E-state index in [-0.39, 0.29) is 30.4 Å². The molecule has 0 radical (unpaired) electrons. The number of amides is 2. The van der Waals surface area contributed by atoms with Gasteiger partial charge in [-0.3, -0.25) is 14.7 Å². The van der Waals surface area contributed by atoms with Crippen LogP contribution in [0.1, 0.15) is 18.9 Å². The lowest BCUT2D eigenvalue weighted by Crippen LogP contribution is -2.33. The lowest BCUT2D eigenvalue weighted by atomic mass is 10.1. The van der Waals surface area contributed by atoms with Gasteiger partial charge in [-0.2, -0.15) is 0 Å². The van der Waals surface area contributed by atoms with Crippen molar-refractivity contribution in [2.24, 2.45) is 16.8 Å². The maximum atomic E-state index is 13.7. The van der Waals surface area contributed by atoms with Gasteiger partial charge in [0.2, 0.25) is 0 Å². The fourth-order valence-corrected chi connectivity index (χ4v) is 3.25. The molecule has 10 nitrogen and oxygen atoms in total. The Kier molecular flexibility index (Phi) is 7.46. The molecule has 1 heterocycles. The molecule has 174 valence electrons. The standard InChI is InChI=1S/C22H24FN5O5/c1-13(10-20(29)30)12-28-18(11-19(33-28)21(24)27-32)14-6-8-15(9-7-14)25-22(31)26-17-5-3-2-4-16(17)23/h2-9,11,13,19,32H,10,12H2,1H3,(H2,24,27)(H,29,30)(H2,25,26,31)/t13?,19-/m1/s1. The van der Waals surface area contributed by atoms with Gasteiger partial charge in [-0.25, -0.2) is 9.18 Å². The molecule has 2 aromatic rings. The predicted molar refractivity (Wildman–Crippen MR) is 120 cm³/mol. The number of nitrogens with one attached hydrogen (secondary N) is 2. The molecule has 3 rings (SSSR count). The number of nitrogens with zero attached hydrogens (tertiary/aromatic N) is 2. The van der Waals surface area contributed by atoms with Crippen molar-refractivity contribution in [1.29, 1.82) is 0 Å². The number of carbonyl (C=O) groups excluding carboxylic acids is 1. The van der Waals surface area contributed by atoms with Crippen LogP contribution in [-0.2, 0) is 9.63 Å². The first kappa shape index (κ1) is 23.5. The van der Waals surface area contributed by atoms with Crippen LogP contribution in [0.3, 0.4) is 0 Å². The third-order valence-electron chi connectivity index (χ3n) is 4.79. The molecule has 0 aliphatic carbocycles. The molecule has 0 bridgehead atoms. The number of nitrogens with two attached hydrogens (primary N) is 1. The maximum absolute atomic E-state index is 13.7. The van der Waals surface area contributed by atoms with Gasteiger partial charge in [0, 0.05) is 24.2 Å². The lowest BCUT2D eigenvalue weighted by Gasteiger charge is -2.25. The minimum Gasteiger partial charge on any atom is -0.481 e. The van der Waals surface area contributed by atoms with Crippen molar-refractivity contribution < 1.29 is 29.1 Å². The highest BCUT2D eigenvalue weighted by Gasteiger charge is 2.30. The number of carboxylic acid groups (broad SMARTS) is 1. The van der Waals surface area contributed by atoms with Crippen molar-refractivity contribution in [3.63, 3.8) is 0 Å². The summed E-state index contributed by atoms with van der Waals surface area (Å²) in [6.07, 6.45) is 0.781. The molecule has 0 saturated carbocycles. The van der Waals surface area contributed by atoms with Crippen molar-refractivity contribution in [1.82, 2.24) is 5.06 Å². The van der Waals surface area contributed by atoms with E-state index in [0.717, 1.165) is 0 Å². The minimum atomic E-state index is -0.927. The summed E-state index contributed by atoms with van der Waals surface area (Å²) in [5.74, 6) is -1.86. The Morgan fingerprint density at radius 2 is 1.91 bits per heavy atom. The fourth-order valence-electron chi connectivity index (χ4n) is 3.25. The average molecular weight is 457 g/mol. The molecular weight excluding hydrogens is 433 g/mol. The van der Waals surface area contributed by atoms with Crippen molar-refractivity contribution in [3.05, 3.63) is 66.0 Å².